The fraction of sp³-hybridized carbons (Fsp3) is 0.600. The zero-order valence-electron chi connectivity index (χ0n) is 5.45. The highest BCUT2D eigenvalue weighted by atomic mass is 16.4. The van der Waals surface area contributed by atoms with Crippen LogP contribution in [0.1, 0.15) is 12.8 Å². The molecule has 1 fully saturated rings. The fourth-order valence-corrected chi connectivity index (χ4v) is 1.00. The Morgan fingerprint density at radius 1 is 1.80 bits per heavy atom. The molecule has 1 aliphatic rings. The molecule has 0 spiro atoms. The standard InChI is InChI=1S/C5H9N3O2/c6-5(9)8-3-1-2-4(8)7-10/h10H,1-3H2,(H2,6,9). The molecule has 0 atom stereocenters. The minimum Gasteiger partial charge on any atom is -0.409 e. The first-order chi connectivity index (χ1) is 4.75. The summed E-state index contributed by atoms with van der Waals surface area (Å²) in [7, 11) is 0. The second-order valence-electron chi connectivity index (χ2n) is 2.11. The molecular formula is C5H9N3O2. The molecule has 0 bridgehead atoms. The van der Waals surface area contributed by atoms with Gasteiger partial charge in [-0.3, -0.25) is 4.90 Å². The van der Waals surface area contributed by atoms with Crippen molar-refractivity contribution in [2.45, 2.75) is 12.8 Å². The van der Waals surface area contributed by atoms with E-state index in [1.807, 2.05) is 0 Å². The van der Waals surface area contributed by atoms with E-state index < -0.39 is 6.03 Å². The SMILES string of the molecule is NC(=O)N1CCCC1=NO. The van der Waals surface area contributed by atoms with Crippen molar-refractivity contribution in [1.29, 1.82) is 0 Å². The molecule has 3 N–H and O–H groups in total. The van der Waals surface area contributed by atoms with Gasteiger partial charge in [0.25, 0.3) is 0 Å². The van der Waals surface area contributed by atoms with Crippen molar-refractivity contribution in [3.63, 3.8) is 0 Å². The molecule has 10 heavy (non-hydrogen) atoms. The van der Waals surface area contributed by atoms with Crippen LogP contribution >= 0.6 is 0 Å². The summed E-state index contributed by atoms with van der Waals surface area (Å²) in [5.74, 6) is 0.368. The monoisotopic (exact) mass is 143 g/mol. The zero-order chi connectivity index (χ0) is 7.56. The molecule has 5 nitrogen and oxygen atoms in total. The second kappa shape index (κ2) is 2.55. The summed E-state index contributed by atoms with van der Waals surface area (Å²) in [6, 6.07) is -0.551. The van der Waals surface area contributed by atoms with E-state index in [0.29, 0.717) is 18.8 Å². The number of hydrogen-bond donors (Lipinski definition) is 2. The van der Waals surface area contributed by atoms with Gasteiger partial charge in [0.05, 0.1) is 0 Å². The Balaban J connectivity index is 2.68. The van der Waals surface area contributed by atoms with Crippen LogP contribution in [0.3, 0.4) is 0 Å². The third kappa shape index (κ3) is 1.02. The number of primary amides is 1. The molecule has 0 aromatic rings. The molecular weight excluding hydrogens is 134 g/mol. The van der Waals surface area contributed by atoms with Gasteiger partial charge in [0.2, 0.25) is 0 Å². The van der Waals surface area contributed by atoms with Crippen molar-refractivity contribution in [2.75, 3.05) is 6.54 Å². The smallest absolute Gasteiger partial charge is 0.320 e. The maximum atomic E-state index is 10.5. The largest absolute Gasteiger partial charge is 0.409 e. The maximum absolute atomic E-state index is 10.5. The molecule has 56 valence electrons. The average molecular weight is 143 g/mol. The van der Waals surface area contributed by atoms with Crippen LogP contribution in [0.5, 0.6) is 0 Å². The molecule has 1 saturated heterocycles. The van der Waals surface area contributed by atoms with Crippen molar-refractivity contribution < 1.29 is 10.0 Å². The van der Waals surface area contributed by atoms with Gasteiger partial charge in [-0.15, -0.1) is 0 Å². The summed E-state index contributed by atoms with van der Waals surface area (Å²) in [4.78, 5) is 11.8. The Labute approximate surface area is 58.1 Å². The van der Waals surface area contributed by atoms with Gasteiger partial charge in [0, 0.05) is 13.0 Å². The fourth-order valence-electron chi connectivity index (χ4n) is 1.00. The van der Waals surface area contributed by atoms with Crippen LogP contribution in [-0.4, -0.2) is 28.5 Å². The first-order valence-electron chi connectivity index (χ1n) is 3.03. The minimum absolute atomic E-state index is 0.368. The molecule has 0 aliphatic carbocycles. The number of rotatable bonds is 0. The number of amidine groups is 1. The molecule has 0 aromatic carbocycles. The summed E-state index contributed by atoms with van der Waals surface area (Å²) in [5.41, 5.74) is 4.96. The summed E-state index contributed by atoms with van der Waals surface area (Å²) in [6.45, 7) is 0.564. The van der Waals surface area contributed by atoms with E-state index in [1.54, 1.807) is 0 Å². The lowest BCUT2D eigenvalue weighted by Crippen LogP contribution is -2.36. The van der Waals surface area contributed by atoms with Gasteiger partial charge in [0.15, 0.2) is 5.84 Å². The number of oxime groups is 1. The number of likely N-dealkylation sites (tertiary alicyclic amines) is 1. The molecule has 1 heterocycles. The van der Waals surface area contributed by atoms with Gasteiger partial charge < -0.3 is 10.9 Å². The molecule has 1 rings (SSSR count). The highest BCUT2D eigenvalue weighted by Gasteiger charge is 2.22. The molecule has 2 amide bonds. The lowest BCUT2D eigenvalue weighted by atomic mass is 10.4. The van der Waals surface area contributed by atoms with Crippen molar-refractivity contribution in [1.82, 2.24) is 4.90 Å². The molecule has 1 aliphatic heterocycles. The predicted molar refractivity (Wildman–Crippen MR) is 34.7 cm³/mol. The van der Waals surface area contributed by atoms with Crippen LogP contribution < -0.4 is 5.73 Å². The number of nitrogens with two attached hydrogens (primary N) is 1. The first-order valence-corrected chi connectivity index (χ1v) is 3.03. The predicted octanol–water partition coefficient (Wildman–Crippen LogP) is -0.0514. The van der Waals surface area contributed by atoms with E-state index in [0.717, 1.165) is 6.42 Å². The van der Waals surface area contributed by atoms with Gasteiger partial charge in [-0.05, 0) is 6.42 Å². The zero-order valence-corrected chi connectivity index (χ0v) is 5.45. The Hall–Kier alpha value is -1.26. The Morgan fingerprint density at radius 2 is 2.50 bits per heavy atom. The number of carbonyl (C=O) groups excluding carboxylic acids is 1. The van der Waals surface area contributed by atoms with E-state index in [9.17, 15) is 4.79 Å². The van der Waals surface area contributed by atoms with Gasteiger partial charge in [-0.1, -0.05) is 5.16 Å². The van der Waals surface area contributed by atoms with Gasteiger partial charge in [-0.25, -0.2) is 4.79 Å². The van der Waals surface area contributed by atoms with Crippen molar-refractivity contribution in [2.24, 2.45) is 10.9 Å². The molecule has 0 unspecified atom stereocenters. The third-order valence-electron chi connectivity index (χ3n) is 1.48. The highest BCUT2D eigenvalue weighted by Crippen LogP contribution is 2.09. The van der Waals surface area contributed by atoms with Crippen LogP contribution in [0.25, 0.3) is 0 Å². The van der Waals surface area contributed by atoms with E-state index >= 15 is 0 Å². The topological polar surface area (TPSA) is 78.9 Å². The maximum Gasteiger partial charge on any atom is 0.320 e. The van der Waals surface area contributed by atoms with Crippen LogP contribution in [0.15, 0.2) is 5.16 Å². The summed E-state index contributed by atoms with van der Waals surface area (Å²) in [6.07, 6.45) is 1.45. The van der Waals surface area contributed by atoms with E-state index in [-0.39, 0.29) is 0 Å². The number of carbonyl (C=O) groups is 1. The average Bonchev–Trinajstić information content (AvgIpc) is 2.33. The van der Waals surface area contributed by atoms with Crippen LogP contribution in [0.2, 0.25) is 0 Å². The van der Waals surface area contributed by atoms with E-state index in [2.05, 4.69) is 5.16 Å². The van der Waals surface area contributed by atoms with Gasteiger partial charge in [-0.2, -0.15) is 0 Å². The number of nitrogens with zero attached hydrogens (tertiary/aromatic N) is 2. The highest BCUT2D eigenvalue weighted by molar-refractivity contribution is 5.97. The number of amides is 2. The molecule has 0 saturated carbocycles. The van der Waals surface area contributed by atoms with Crippen LogP contribution in [0.4, 0.5) is 4.79 Å². The minimum atomic E-state index is -0.551. The normalized spacial score (nSPS) is 22.0. The Morgan fingerprint density at radius 3 is 2.90 bits per heavy atom. The van der Waals surface area contributed by atoms with Crippen molar-refractivity contribution in [3.8, 4) is 0 Å². The summed E-state index contributed by atoms with van der Waals surface area (Å²) >= 11 is 0. The van der Waals surface area contributed by atoms with E-state index in [1.165, 1.54) is 4.90 Å². The first kappa shape index (κ1) is 6.85. The van der Waals surface area contributed by atoms with Crippen molar-refractivity contribution >= 4 is 11.9 Å². The van der Waals surface area contributed by atoms with Crippen LogP contribution in [-0.2, 0) is 0 Å². The summed E-state index contributed by atoms with van der Waals surface area (Å²) < 4.78 is 0. The molecule has 0 aromatic heterocycles. The second-order valence-corrected chi connectivity index (χ2v) is 2.11. The lowest BCUT2D eigenvalue weighted by molar-refractivity contribution is 0.230. The molecule has 0 radical (unpaired) electrons. The summed E-state index contributed by atoms with van der Waals surface area (Å²) in [5, 5.41) is 11.3. The number of hydrogen-bond acceptors (Lipinski definition) is 3. The van der Waals surface area contributed by atoms with Gasteiger partial charge >= 0.3 is 6.03 Å². The Kier molecular flexibility index (Phi) is 1.75. The van der Waals surface area contributed by atoms with E-state index in [4.69, 9.17) is 10.9 Å². The third-order valence-corrected chi connectivity index (χ3v) is 1.48. The quantitative estimate of drug-likeness (QED) is 0.368. The number of urea groups is 1. The van der Waals surface area contributed by atoms with Crippen LogP contribution in [0, 0.1) is 0 Å². The lowest BCUT2D eigenvalue weighted by Gasteiger charge is -2.10. The van der Waals surface area contributed by atoms with Gasteiger partial charge in [0.1, 0.15) is 0 Å². The van der Waals surface area contributed by atoms with Crippen molar-refractivity contribution in [3.05, 3.63) is 0 Å². The molecule has 5 heteroatoms. The Bertz CT molecular complexity index is 178.